The number of rotatable bonds is 5. The summed E-state index contributed by atoms with van der Waals surface area (Å²) in [6, 6.07) is 5.88. The van der Waals surface area contributed by atoms with Crippen LogP contribution in [0.1, 0.15) is 31.4 Å². The Bertz CT molecular complexity index is 391. The first-order valence-corrected chi connectivity index (χ1v) is 6.82. The van der Waals surface area contributed by atoms with Gasteiger partial charge in [0.2, 0.25) is 0 Å². The number of benzene rings is 1. The minimum absolute atomic E-state index is 0.145. The van der Waals surface area contributed by atoms with Crippen LogP contribution < -0.4 is 10.1 Å². The highest BCUT2D eigenvalue weighted by Crippen LogP contribution is 2.34. The Morgan fingerprint density at radius 1 is 1.56 bits per heavy atom. The van der Waals surface area contributed by atoms with Gasteiger partial charge >= 0.3 is 0 Å². The van der Waals surface area contributed by atoms with Gasteiger partial charge in [-0.3, -0.25) is 0 Å². The fourth-order valence-electron chi connectivity index (χ4n) is 2.48. The molecule has 1 fully saturated rings. The summed E-state index contributed by atoms with van der Waals surface area (Å²) in [6.07, 6.45) is 2.40. The molecule has 2 atom stereocenters. The standard InChI is InChI=1S/C14H20ClNO2/c1-3-16-14(13-5-4-8-18-13)11-9-10(15)6-7-12(11)17-2/h6-7,9,13-14,16H,3-5,8H2,1-2H3. The van der Waals surface area contributed by atoms with Crippen molar-refractivity contribution >= 4 is 11.6 Å². The van der Waals surface area contributed by atoms with Gasteiger partial charge in [-0.15, -0.1) is 0 Å². The lowest BCUT2D eigenvalue weighted by Gasteiger charge is -2.26. The van der Waals surface area contributed by atoms with E-state index in [1.165, 1.54) is 0 Å². The van der Waals surface area contributed by atoms with Gasteiger partial charge in [-0.05, 0) is 37.6 Å². The predicted octanol–water partition coefficient (Wildman–Crippen LogP) is 3.18. The van der Waals surface area contributed by atoms with E-state index in [0.29, 0.717) is 0 Å². The maximum atomic E-state index is 6.10. The summed E-state index contributed by atoms with van der Waals surface area (Å²) in [5, 5.41) is 4.21. The zero-order chi connectivity index (χ0) is 13.0. The number of halogens is 1. The maximum absolute atomic E-state index is 6.10. The Balaban J connectivity index is 2.31. The molecule has 2 unspecified atom stereocenters. The first-order valence-electron chi connectivity index (χ1n) is 6.44. The van der Waals surface area contributed by atoms with Gasteiger partial charge in [0.15, 0.2) is 0 Å². The number of nitrogens with one attached hydrogen (secondary N) is 1. The smallest absolute Gasteiger partial charge is 0.123 e. The Morgan fingerprint density at radius 3 is 3.00 bits per heavy atom. The summed E-state index contributed by atoms with van der Waals surface area (Å²) in [4.78, 5) is 0. The van der Waals surface area contributed by atoms with Gasteiger partial charge in [0.25, 0.3) is 0 Å². The fraction of sp³-hybridized carbons (Fsp3) is 0.571. The molecule has 1 aliphatic rings. The highest BCUT2D eigenvalue weighted by molar-refractivity contribution is 6.30. The Hall–Kier alpha value is -0.770. The Morgan fingerprint density at radius 2 is 2.39 bits per heavy atom. The molecule has 1 aliphatic heterocycles. The van der Waals surface area contributed by atoms with Gasteiger partial charge in [0.1, 0.15) is 5.75 Å². The Labute approximate surface area is 113 Å². The lowest BCUT2D eigenvalue weighted by atomic mass is 9.98. The minimum atomic E-state index is 0.145. The van der Waals surface area contributed by atoms with Crippen molar-refractivity contribution in [2.75, 3.05) is 20.3 Å². The van der Waals surface area contributed by atoms with Crippen molar-refractivity contribution in [3.63, 3.8) is 0 Å². The maximum Gasteiger partial charge on any atom is 0.123 e. The van der Waals surface area contributed by atoms with Crippen molar-refractivity contribution in [3.05, 3.63) is 28.8 Å². The Kier molecular flexibility index (Phi) is 4.87. The van der Waals surface area contributed by atoms with Crippen molar-refractivity contribution in [1.29, 1.82) is 0 Å². The van der Waals surface area contributed by atoms with E-state index < -0.39 is 0 Å². The second kappa shape index (κ2) is 6.41. The molecule has 1 saturated heterocycles. The SMILES string of the molecule is CCNC(c1cc(Cl)ccc1OC)C1CCCO1. The van der Waals surface area contributed by atoms with Crippen molar-refractivity contribution in [2.45, 2.75) is 31.9 Å². The van der Waals surface area contributed by atoms with Crippen molar-refractivity contribution in [2.24, 2.45) is 0 Å². The minimum Gasteiger partial charge on any atom is -0.496 e. The van der Waals surface area contributed by atoms with Crippen LogP contribution in [-0.2, 0) is 4.74 Å². The number of methoxy groups -OCH3 is 1. The van der Waals surface area contributed by atoms with Gasteiger partial charge in [-0.1, -0.05) is 18.5 Å². The summed E-state index contributed by atoms with van der Waals surface area (Å²) < 4.78 is 11.2. The second-order valence-electron chi connectivity index (χ2n) is 4.47. The van der Waals surface area contributed by atoms with E-state index in [-0.39, 0.29) is 12.1 Å². The van der Waals surface area contributed by atoms with Crippen molar-refractivity contribution in [3.8, 4) is 5.75 Å². The van der Waals surface area contributed by atoms with Crippen LogP contribution in [0.2, 0.25) is 5.02 Å². The third kappa shape index (κ3) is 2.97. The van der Waals surface area contributed by atoms with Crippen LogP contribution in [0.4, 0.5) is 0 Å². The average molecular weight is 270 g/mol. The second-order valence-corrected chi connectivity index (χ2v) is 4.91. The van der Waals surface area contributed by atoms with Crippen molar-refractivity contribution < 1.29 is 9.47 Å². The molecule has 0 saturated carbocycles. The van der Waals surface area contributed by atoms with Crippen LogP contribution in [0.5, 0.6) is 5.75 Å². The van der Waals surface area contributed by atoms with Gasteiger partial charge in [0, 0.05) is 17.2 Å². The molecular weight excluding hydrogens is 250 g/mol. The quantitative estimate of drug-likeness (QED) is 0.891. The number of ether oxygens (including phenoxy) is 2. The molecule has 0 aliphatic carbocycles. The third-order valence-electron chi connectivity index (χ3n) is 3.29. The average Bonchev–Trinajstić information content (AvgIpc) is 2.89. The molecule has 0 radical (unpaired) electrons. The van der Waals surface area contributed by atoms with Crippen LogP contribution in [0.15, 0.2) is 18.2 Å². The summed E-state index contributed by atoms with van der Waals surface area (Å²) in [5.74, 6) is 0.862. The lowest BCUT2D eigenvalue weighted by Crippen LogP contribution is -2.31. The van der Waals surface area contributed by atoms with E-state index in [9.17, 15) is 0 Å². The number of likely N-dealkylation sites (N-methyl/N-ethyl adjacent to an activating group) is 1. The topological polar surface area (TPSA) is 30.5 Å². The first-order chi connectivity index (χ1) is 8.76. The van der Waals surface area contributed by atoms with E-state index in [0.717, 1.165) is 42.3 Å². The number of hydrogen-bond donors (Lipinski definition) is 1. The van der Waals surface area contributed by atoms with Crippen LogP contribution in [0.25, 0.3) is 0 Å². The lowest BCUT2D eigenvalue weighted by molar-refractivity contribution is 0.0780. The highest BCUT2D eigenvalue weighted by atomic mass is 35.5. The highest BCUT2D eigenvalue weighted by Gasteiger charge is 2.28. The van der Waals surface area contributed by atoms with Crippen LogP contribution in [0, 0.1) is 0 Å². The van der Waals surface area contributed by atoms with E-state index >= 15 is 0 Å². The predicted molar refractivity (Wildman–Crippen MR) is 73.4 cm³/mol. The molecular formula is C14H20ClNO2. The summed E-state index contributed by atoms with van der Waals surface area (Å²) >= 11 is 6.10. The monoisotopic (exact) mass is 269 g/mol. The third-order valence-corrected chi connectivity index (χ3v) is 3.52. The van der Waals surface area contributed by atoms with Gasteiger partial charge in [-0.2, -0.15) is 0 Å². The normalized spacial score (nSPS) is 20.9. The molecule has 1 aromatic rings. The fourth-order valence-corrected chi connectivity index (χ4v) is 2.66. The molecule has 18 heavy (non-hydrogen) atoms. The van der Waals surface area contributed by atoms with E-state index in [2.05, 4.69) is 12.2 Å². The molecule has 1 aromatic carbocycles. The zero-order valence-corrected chi connectivity index (χ0v) is 11.7. The van der Waals surface area contributed by atoms with E-state index in [1.54, 1.807) is 7.11 Å². The van der Waals surface area contributed by atoms with Crippen LogP contribution >= 0.6 is 11.6 Å². The molecule has 4 heteroatoms. The van der Waals surface area contributed by atoms with Gasteiger partial charge in [0.05, 0.1) is 19.3 Å². The molecule has 1 N–H and O–H groups in total. The summed E-state index contributed by atoms with van der Waals surface area (Å²) in [6.45, 7) is 3.83. The largest absolute Gasteiger partial charge is 0.496 e. The molecule has 0 spiro atoms. The number of hydrogen-bond acceptors (Lipinski definition) is 3. The summed E-state index contributed by atoms with van der Waals surface area (Å²) in [7, 11) is 1.69. The molecule has 0 amide bonds. The van der Waals surface area contributed by atoms with Crippen LogP contribution in [0.3, 0.4) is 0 Å². The summed E-state index contributed by atoms with van der Waals surface area (Å²) in [5.41, 5.74) is 1.08. The molecule has 0 aromatic heterocycles. The molecule has 2 rings (SSSR count). The van der Waals surface area contributed by atoms with E-state index in [4.69, 9.17) is 21.1 Å². The van der Waals surface area contributed by atoms with Crippen LogP contribution in [-0.4, -0.2) is 26.4 Å². The zero-order valence-electron chi connectivity index (χ0n) is 10.9. The van der Waals surface area contributed by atoms with E-state index in [1.807, 2.05) is 18.2 Å². The molecule has 1 heterocycles. The van der Waals surface area contributed by atoms with Gasteiger partial charge < -0.3 is 14.8 Å². The van der Waals surface area contributed by atoms with Gasteiger partial charge in [-0.25, -0.2) is 0 Å². The molecule has 100 valence electrons. The molecule has 3 nitrogen and oxygen atoms in total. The first kappa shape index (κ1) is 13.7. The molecule has 0 bridgehead atoms. The van der Waals surface area contributed by atoms with Crippen molar-refractivity contribution in [1.82, 2.24) is 5.32 Å².